The molecule has 0 atom stereocenters. The van der Waals surface area contributed by atoms with Crippen LogP contribution in [0.3, 0.4) is 0 Å². The minimum atomic E-state index is 0.262. The van der Waals surface area contributed by atoms with Crippen LogP contribution in [0.4, 0.5) is 0 Å². The first-order valence-corrected chi connectivity index (χ1v) is 6.62. The number of fused-ring (bicyclic) bond motifs is 1. The molecule has 0 unspecified atom stereocenters. The van der Waals surface area contributed by atoms with Crippen molar-refractivity contribution in [2.24, 2.45) is 0 Å². The molecule has 0 fully saturated rings. The van der Waals surface area contributed by atoms with Crippen LogP contribution < -0.4 is 4.74 Å². The average molecular weight is 319 g/mol. The number of halogens is 1. The van der Waals surface area contributed by atoms with Crippen LogP contribution in [-0.2, 0) is 6.61 Å². The first-order valence-electron chi connectivity index (χ1n) is 5.83. The topological polar surface area (TPSA) is 48.2 Å². The highest BCUT2D eigenvalue weighted by atomic mass is 79.9. The van der Waals surface area contributed by atoms with Gasteiger partial charge in [-0.25, -0.2) is 0 Å². The molecular formula is C14H11BrN2O2. The predicted molar refractivity (Wildman–Crippen MR) is 75.0 cm³/mol. The van der Waals surface area contributed by atoms with Gasteiger partial charge in [0.15, 0.2) is 12.4 Å². The maximum Gasteiger partial charge on any atom is 0.264 e. The molecule has 96 valence electrons. The van der Waals surface area contributed by atoms with Crippen LogP contribution >= 0.6 is 15.9 Å². The molecule has 0 saturated carbocycles. The molecule has 0 radical (unpaired) electrons. The van der Waals surface area contributed by atoms with Gasteiger partial charge < -0.3 is 9.26 Å². The molecule has 3 rings (SSSR count). The SMILES string of the molecule is Cc1noc(COc2ccc3ccccc3c2Br)n1. The Labute approximate surface area is 118 Å². The van der Waals surface area contributed by atoms with Crippen molar-refractivity contribution >= 4 is 26.7 Å². The maximum atomic E-state index is 5.70. The first-order chi connectivity index (χ1) is 9.24. The monoisotopic (exact) mass is 318 g/mol. The van der Waals surface area contributed by atoms with E-state index in [1.54, 1.807) is 6.92 Å². The Hall–Kier alpha value is -1.88. The maximum absolute atomic E-state index is 5.70. The van der Waals surface area contributed by atoms with E-state index in [-0.39, 0.29) is 6.61 Å². The smallest absolute Gasteiger partial charge is 0.264 e. The Morgan fingerprint density at radius 1 is 1.21 bits per heavy atom. The van der Waals surface area contributed by atoms with E-state index >= 15 is 0 Å². The van der Waals surface area contributed by atoms with Crippen molar-refractivity contribution in [1.29, 1.82) is 0 Å². The van der Waals surface area contributed by atoms with Gasteiger partial charge in [0.25, 0.3) is 5.89 Å². The largest absolute Gasteiger partial charge is 0.483 e. The number of aryl methyl sites for hydroxylation is 1. The van der Waals surface area contributed by atoms with Crippen molar-refractivity contribution in [2.45, 2.75) is 13.5 Å². The Kier molecular flexibility index (Phi) is 3.21. The van der Waals surface area contributed by atoms with Crippen LogP contribution in [0.25, 0.3) is 10.8 Å². The molecule has 5 heteroatoms. The first kappa shape index (κ1) is 12.2. The molecule has 2 aromatic carbocycles. The number of nitrogens with zero attached hydrogens (tertiary/aromatic N) is 2. The Balaban J connectivity index is 1.87. The van der Waals surface area contributed by atoms with Gasteiger partial charge in [0.05, 0.1) is 4.47 Å². The van der Waals surface area contributed by atoms with E-state index < -0.39 is 0 Å². The van der Waals surface area contributed by atoms with Crippen molar-refractivity contribution in [2.75, 3.05) is 0 Å². The fourth-order valence-corrected chi connectivity index (χ4v) is 2.47. The second-order valence-electron chi connectivity index (χ2n) is 4.12. The van der Waals surface area contributed by atoms with Crippen LogP contribution in [0.2, 0.25) is 0 Å². The van der Waals surface area contributed by atoms with Gasteiger partial charge in [0, 0.05) is 0 Å². The minimum absolute atomic E-state index is 0.262. The normalized spacial score (nSPS) is 10.8. The van der Waals surface area contributed by atoms with Gasteiger partial charge in [-0.05, 0) is 39.7 Å². The highest BCUT2D eigenvalue weighted by molar-refractivity contribution is 9.10. The van der Waals surface area contributed by atoms with Crippen molar-refractivity contribution in [3.05, 3.63) is 52.6 Å². The Morgan fingerprint density at radius 3 is 2.84 bits per heavy atom. The lowest BCUT2D eigenvalue weighted by atomic mass is 10.1. The zero-order valence-corrected chi connectivity index (χ0v) is 11.8. The summed E-state index contributed by atoms with van der Waals surface area (Å²) in [7, 11) is 0. The third-order valence-electron chi connectivity index (χ3n) is 2.75. The van der Waals surface area contributed by atoms with E-state index in [0.717, 1.165) is 21.0 Å². The third kappa shape index (κ3) is 2.46. The zero-order valence-electron chi connectivity index (χ0n) is 10.3. The molecule has 3 aromatic rings. The number of benzene rings is 2. The van der Waals surface area contributed by atoms with Gasteiger partial charge in [0.1, 0.15) is 5.75 Å². The molecule has 1 aromatic heterocycles. The molecule has 0 aliphatic rings. The standard InChI is InChI=1S/C14H11BrN2O2/c1-9-16-13(19-17-9)8-18-12-7-6-10-4-2-3-5-11(10)14(12)15/h2-7H,8H2,1H3. The van der Waals surface area contributed by atoms with Crippen molar-refractivity contribution < 1.29 is 9.26 Å². The second kappa shape index (κ2) is 5.01. The van der Waals surface area contributed by atoms with Crippen LogP contribution in [-0.4, -0.2) is 10.1 Å². The van der Waals surface area contributed by atoms with Gasteiger partial charge in [0.2, 0.25) is 0 Å². The number of hydrogen-bond donors (Lipinski definition) is 0. The molecule has 1 heterocycles. The van der Waals surface area contributed by atoms with Crippen molar-refractivity contribution in [1.82, 2.24) is 10.1 Å². The number of hydrogen-bond acceptors (Lipinski definition) is 4. The number of ether oxygens (including phenoxy) is 1. The Morgan fingerprint density at radius 2 is 2.05 bits per heavy atom. The summed E-state index contributed by atoms with van der Waals surface area (Å²) in [6, 6.07) is 12.1. The molecule has 0 aliphatic carbocycles. The summed E-state index contributed by atoms with van der Waals surface area (Å²) in [6.45, 7) is 2.04. The summed E-state index contributed by atoms with van der Waals surface area (Å²) in [5.74, 6) is 1.84. The van der Waals surface area contributed by atoms with Crippen LogP contribution in [0.15, 0.2) is 45.4 Å². The number of rotatable bonds is 3. The molecule has 0 amide bonds. The summed E-state index contributed by atoms with van der Waals surface area (Å²) >= 11 is 3.57. The van der Waals surface area contributed by atoms with E-state index in [9.17, 15) is 0 Å². The van der Waals surface area contributed by atoms with Crippen LogP contribution in [0, 0.1) is 6.92 Å². The van der Waals surface area contributed by atoms with E-state index in [1.807, 2.05) is 30.3 Å². The van der Waals surface area contributed by atoms with E-state index in [0.29, 0.717) is 11.7 Å². The quantitative estimate of drug-likeness (QED) is 0.735. The third-order valence-corrected chi connectivity index (χ3v) is 3.57. The van der Waals surface area contributed by atoms with E-state index in [4.69, 9.17) is 9.26 Å². The summed E-state index contributed by atoms with van der Waals surface area (Å²) in [5, 5.41) is 6.00. The summed E-state index contributed by atoms with van der Waals surface area (Å²) in [6.07, 6.45) is 0. The molecule has 4 nitrogen and oxygen atoms in total. The second-order valence-corrected chi connectivity index (χ2v) is 4.92. The van der Waals surface area contributed by atoms with Gasteiger partial charge in [-0.2, -0.15) is 4.98 Å². The zero-order chi connectivity index (χ0) is 13.2. The Bertz CT molecular complexity index is 724. The highest BCUT2D eigenvalue weighted by Gasteiger charge is 2.08. The molecular weight excluding hydrogens is 308 g/mol. The lowest BCUT2D eigenvalue weighted by molar-refractivity contribution is 0.241. The van der Waals surface area contributed by atoms with Crippen molar-refractivity contribution in [3.8, 4) is 5.75 Å². The molecule has 0 aliphatic heterocycles. The molecule has 0 saturated heterocycles. The van der Waals surface area contributed by atoms with Crippen LogP contribution in [0.5, 0.6) is 5.75 Å². The lowest BCUT2D eigenvalue weighted by Gasteiger charge is -2.08. The van der Waals surface area contributed by atoms with Crippen molar-refractivity contribution in [3.63, 3.8) is 0 Å². The van der Waals surface area contributed by atoms with Gasteiger partial charge in [-0.3, -0.25) is 0 Å². The van der Waals surface area contributed by atoms with Crippen LogP contribution in [0.1, 0.15) is 11.7 Å². The highest BCUT2D eigenvalue weighted by Crippen LogP contribution is 2.33. The van der Waals surface area contributed by atoms with E-state index in [1.165, 1.54) is 0 Å². The van der Waals surface area contributed by atoms with Gasteiger partial charge in [-0.1, -0.05) is 35.5 Å². The summed E-state index contributed by atoms with van der Waals surface area (Å²) < 4.78 is 11.6. The lowest BCUT2D eigenvalue weighted by Crippen LogP contribution is -1.96. The average Bonchev–Trinajstić information content (AvgIpc) is 2.84. The van der Waals surface area contributed by atoms with Gasteiger partial charge >= 0.3 is 0 Å². The summed E-state index contributed by atoms with van der Waals surface area (Å²) in [5.41, 5.74) is 0. The fraction of sp³-hybridized carbons (Fsp3) is 0.143. The van der Waals surface area contributed by atoms with Gasteiger partial charge in [-0.15, -0.1) is 0 Å². The number of aromatic nitrogens is 2. The molecule has 0 N–H and O–H groups in total. The molecule has 19 heavy (non-hydrogen) atoms. The molecule has 0 spiro atoms. The summed E-state index contributed by atoms with van der Waals surface area (Å²) in [4.78, 5) is 4.10. The fourth-order valence-electron chi connectivity index (χ4n) is 1.86. The van der Waals surface area contributed by atoms with E-state index in [2.05, 4.69) is 32.1 Å². The molecule has 0 bridgehead atoms. The predicted octanol–water partition coefficient (Wildman–Crippen LogP) is 3.87. The minimum Gasteiger partial charge on any atom is -0.483 e.